The van der Waals surface area contributed by atoms with Gasteiger partial charge >= 0.3 is 5.97 Å². The van der Waals surface area contributed by atoms with Crippen LogP contribution in [0.5, 0.6) is 11.5 Å². The summed E-state index contributed by atoms with van der Waals surface area (Å²) in [7, 11) is 0. The SMILES string of the molecule is CCOc1cc(-c2nc(SC)[nH]c(=O)c2C#N)cc(Cl)c1OC(C)=O. The first-order chi connectivity index (χ1) is 11.9. The number of ether oxygens (including phenoxy) is 2. The molecule has 0 bridgehead atoms. The Morgan fingerprint density at radius 3 is 2.76 bits per heavy atom. The third-order valence-corrected chi connectivity index (χ3v) is 3.89. The zero-order chi connectivity index (χ0) is 18.6. The number of hydrogen-bond donors (Lipinski definition) is 1. The molecule has 1 N–H and O–H groups in total. The number of nitriles is 1. The van der Waals surface area contributed by atoms with Crippen molar-refractivity contribution in [3.8, 4) is 28.8 Å². The van der Waals surface area contributed by atoms with Crippen LogP contribution < -0.4 is 15.0 Å². The Kier molecular flexibility index (Phi) is 6.07. The second kappa shape index (κ2) is 8.05. The molecule has 1 heterocycles. The number of benzene rings is 1. The van der Waals surface area contributed by atoms with Gasteiger partial charge in [-0.25, -0.2) is 4.98 Å². The summed E-state index contributed by atoms with van der Waals surface area (Å²) in [6.07, 6.45) is 1.75. The van der Waals surface area contributed by atoms with E-state index in [0.29, 0.717) is 17.3 Å². The smallest absolute Gasteiger partial charge is 0.308 e. The summed E-state index contributed by atoms with van der Waals surface area (Å²) in [5.74, 6) is -0.252. The van der Waals surface area contributed by atoms with Gasteiger partial charge in [0.1, 0.15) is 11.6 Å². The van der Waals surface area contributed by atoms with Gasteiger partial charge in [0.2, 0.25) is 0 Å². The fourth-order valence-electron chi connectivity index (χ4n) is 2.07. The number of hydrogen-bond acceptors (Lipinski definition) is 7. The third kappa shape index (κ3) is 4.13. The molecule has 1 aromatic carbocycles. The van der Waals surface area contributed by atoms with Crippen LogP contribution in [0.25, 0.3) is 11.3 Å². The van der Waals surface area contributed by atoms with Gasteiger partial charge in [0, 0.05) is 12.5 Å². The van der Waals surface area contributed by atoms with Crippen molar-refractivity contribution in [3.63, 3.8) is 0 Å². The molecule has 0 saturated heterocycles. The van der Waals surface area contributed by atoms with Crippen LogP contribution in [0, 0.1) is 11.3 Å². The number of halogens is 1. The van der Waals surface area contributed by atoms with E-state index in [9.17, 15) is 14.9 Å². The average molecular weight is 380 g/mol. The number of rotatable bonds is 5. The highest BCUT2D eigenvalue weighted by Crippen LogP contribution is 2.40. The van der Waals surface area contributed by atoms with Gasteiger partial charge in [0.15, 0.2) is 16.7 Å². The normalized spacial score (nSPS) is 10.2. The van der Waals surface area contributed by atoms with E-state index in [1.807, 2.05) is 6.07 Å². The van der Waals surface area contributed by atoms with E-state index in [1.165, 1.54) is 30.8 Å². The molecule has 7 nitrogen and oxygen atoms in total. The fourth-order valence-corrected chi connectivity index (χ4v) is 2.70. The quantitative estimate of drug-likeness (QED) is 0.368. The Morgan fingerprint density at radius 1 is 1.48 bits per heavy atom. The van der Waals surface area contributed by atoms with Crippen molar-refractivity contribution < 1.29 is 14.3 Å². The predicted molar refractivity (Wildman–Crippen MR) is 94.3 cm³/mol. The Morgan fingerprint density at radius 2 is 2.20 bits per heavy atom. The van der Waals surface area contributed by atoms with Crippen molar-refractivity contribution in [2.75, 3.05) is 12.9 Å². The lowest BCUT2D eigenvalue weighted by molar-refractivity contribution is -0.132. The van der Waals surface area contributed by atoms with Crippen LogP contribution in [0.3, 0.4) is 0 Å². The lowest BCUT2D eigenvalue weighted by Gasteiger charge is -2.14. The number of carbonyl (C=O) groups is 1. The zero-order valence-corrected chi connectivity index (χ0v) is 15.2. The summed E-state index contributed by atoms with van der Waals surface area (Å²) in [5, 5.41) is 9.75. The highest BCUT2D eigenvalue weighted by Gasteiger charge is 2.19. The summed E-state index contributed by atoms with van der Waals surface area (Å²) in [4.78, 5) is 30.1. The maximum Gasteiger partial charge on any atom is 0.308 e. The summed E-state index contributed by atoms with van der Waals surface area (Å²) >= 11 is 7.45. The second-order valence-electron chi connectivity index (χ2n) is 4.72. The van der Waals surface area contributed by atoms with Crippen LogP contribution >= 0.6 is 23.4 Å². The summed E-state index contributed by atoms with van der Waals surface area (Å²) in [6, 6.07) is 4.84. The molecule has 9 heteroatoms. The average Bonchev–Trinajstić information content (AvgIpc) is 2.56. The Hall–Kier alpha value is -2.50. The third-order valence-electron chi connectivity index (χ3n) is 3.03. The summed E-state index contributed by atoms with van der Waals surface area (Å²) in [5.41, 5.74) is -0.110. The van der Waals surface area contributed by atoms with Crippen LogP contribution in [0.4, 0.5) is 0 Å². The summed E-state index contributed by atoms with van der Waals surface area (Å²) < 4.78 is 10.6. The lowest BCUT2D eigenvalue weighted by Crippen LogP contribution is -2.14. The van der Waals surface area contributed by atoms with Gasteiger partial charge in [-0.2, -0.15) is 5.26 Å². The van der Waals surface area contributed by atoms with Crippen LogP contribution in [-0.4, -0.2) is 28.8 Å². The van der Waals surface area contributed by atoms with Crippen molar-refractivity contribution in [1.82, 2.24) is 9.97 Å². The molecule has 0 radical (unpaired) electrons. The number of esters is 1. The maximum atomic E-state index is 12.1. The minimum Gasteiger partial charge on any atom is -0.490 e. The molecular formula is C16H14ClN3O4S. The van der Waals surface area contributed by atoms with Gasteiger partial charge in [0.05, 0.1) is 17.3 Å². The van der Waals surface area contributed by atoms with E-state index in [-0.39, 0.29) is 27.8 Å². The number of aromatic amines is 1. The van der Waals surface area contributed by atoms with Crippen molar-refractivity contribution in [3.05, 3.63) is 33.1 Å². The molecule has 130 valence electrons. The number of H-pyrrole nitrogens is 1. The minimum atomic E-state index is -0.549. The van der Waals surface area contributed by atoms with Crippen molar-refractivity contribution in [2.45, 2.75) is 19.0 Å². The van der Waals surface area contributed by atoms with E-state index in [1.54, 1.807) is 13.2 Å². The molecule has 0 fully saturated rings. The molecule has 0 saturated carbocycles. The largest absolute Gasteiger partial charge is 0.490 e. The molecule has 0 aliphatic carbocycles. The Labute approximate surface area is 152 Å². The first-order valence-corrected chi connectivity index (χ1v) is 8.75. The van der Waals surface area contributed by atoms with Gasteiger partial charge in [-0.1, -0.05) is 23.4 Å². The Bertz CT molecular complexity index is 921. The standard InChI is InChI=1S/C16H14ClN3O4S/c1-4-23-12-6-9(5-11(17)14(12)24-8(2)21)13-10(7-18)15(22)20-16(19-13)25-3/h5-6H,4H2,1-3H3,(H,19,20,22). The minimum absolute atomic E-state index is 0.0770. The van der Waals surface area contributed by atoms with E-state index >= 15 is 0 Å². The van der Waals surface area contributed by atoms with E-state index < -0.39 is 11.5 Å². The van der Waals surface area contributed by atoms with Gasteiger partial charge in [-0.15, -0.1) is 0 Å². The first-order valence-electron chi connectivity index (χ1n) is 7.14. The van der Waals surface area contributed by atoms with Crippen LogP contribution in [0.15, 0.2) is 22.1 Å². The van der Waals surface area contributed by atoms with E-state index in [0.717, 1.165) is 0 Å². The topological polar surface area (TPSA) is 105 Å². The first kappa shape index (κ1) is 18.8. The molecule has 1 aromatic heterocycles. The molecular weight excluding hydrogens is 366 g/mol. The molecule has 25 heavy (non-hydrogen) atoms. The zero-order valence-electron chi connectivity index (χ0n) is 13.7. The van der Waals surface area contributed by atoms with E-state index in [4.69, 9.17) is 21.1 Å². The second-order valence-corrected chi connectivity index (χ2v) is 5.92. The molecule has 0 spiro atoms. The highest BCUT2D eigenvalue weighted by molar-refractivity contribution is 7.98. The molecule has 0 aliphatic rings. The molecule has 0 aliphatic heterocycles. The molecule has 2 aromatic rings. The van der Waals surface area contributed by atoms with Crippen LogP contribution in [0.1, 0.15) is 19.4 Å². The molecule has 0 unspecified atom stereocenters. The lowest BCUT2D eigenvalue weighted by atomic mass is 10.1. The van der Waals surface area contributed by atoms with Crippen molar-refractivity contribution >= 4 is 29.3 Å². The van der Waals surface area contributed by atoms with E-state index in [2.05, 4.69) is 9.97 Å². The van der Waals surface area contributed by atoms with Gasteiger partial charge < -0.3 is 14.5 Å². The number of nitrogens with one attached hydrogen (secondary N) is 1. The fraction of sp³-hybridized carbons (Fsp3) is 0.250. The van der Waals surface area contributed by atoms with Gasteiger partial charge in [0.25, 0.3) is 5.56 Å². The monoisotopic (exact) mass is 379 g/mol. The molecule has 0 atom stereocenters. The number of aromatic nitrogens is 2. The number of carbonyl (C=O) groups excluding carboxylic acids is 1. The number of nitrogens with zero attached hydrogens (tertiary/aromatic N) is 2. The van der Waals surface area contributed by atoms with Crippen molar-refractivity contribution in [2.24, 2.45) is 0 Å². The predicted octanol–water partition coefficient (Wildman–Crippen LogP) is 3.01. The Balaban J connectivity index is 2.72. The highest BCUT2D eigenvalue weighted by atomic mass is 35.5. The van der Waals surface area contributed by atoms with Gasteiger partial charge in [-0.3, -0.25) is 9.59 Å². The van der Waals surface area contributed by atoms with Crippen molar-refractivity contribution in [1.29, 1.82) is 5.26 Å². The van der Waals surface area contributed by atoms with Crippen LogP contribution in [-0.2, 0) is 4.79 Å². The maximum absolute atomic E-state index is 12.1. The summed E-state index contributed by atoms with van der Waals surface area (Å²) in [6.45, 7) is 3.31. The molecule has 0 amide bonds. The van der Waals surface area contributed by atoms with Crippen LogP contribution in [0.2, 0.25) is 5.02 Å². The number of thioether (sulfide) groups is 1. The van der Waals surface area contributed by atoms with Gasteiger partial charge in [-0.05, 0) is 25.3 Å². The molecule has 2 rings (SSSR count).